The molecule has 0 saturated heterocycles. The Morgan fingerprint density at radius 2 is 1.73 bits per heavy atom. The first-order chi connectivity index (χ1) is 14.4. The quantitative estimate of drug-likeness (QED) is 0.565. The van der Waals surface area contributed by atoms with E-state index in [-0.39, 0.29) is 30.0 Å². The Bertz CT molecular complexity index is 1060. The molecule has 158 valence electrons. The SMILES string of the molecule is CCn1c(C(C)N(CC(C)C)C(=O)COc2ccccc2)nc2ccccc2c1=O. The van der Waals surface area contributed by atoms with Crippen LogP contribution in [0.4, 0.5) is 0 Å². The van der Waals surface area contributed by atoms with E-state index in [1.807, 2.05) is 62.4 Å². The van der Waals surface area contributed by atoms with E-state index in [1.54, 1.807) is 15.5 Å². The summed E-state index contributed by atoms with van der Waals surface area (Å²) in [5.74, 6) is 1.37. The zero-order valence-corrected chi connectivity index (χ0v) is 18.0. The van der Waals surface area contributed by atoms with Gasteiger partial charge in [0.2, 0.25) is 0 Å². The number of carbonyl (C=O) groups is 1. The zero-order chi connectivity index (χ0) is 21.7. The first kappa shape index (κ1) is 21.6. The maximum absolute atomic E-state index is 13.1. The molecule has 0 bridgehead atoms. The van der Waals surface area contributed by atoms with Crippen molar-refractivity contribution >= 4 is 16.8 Å². The Morgan fingerprint density at radius 1 is 1.07 bits per heavy atom. The molecule has 3 rings (SSSR count). The maximum atomic E-state index is 13.1. The molecule has 3 aromatic rings. The summed E-state index contributed by atoms with van der Waals surface area (Å²) in [6, 6.07) is 16.2. The Morgan fingerprint density at radius 3 is 2.40 bits per heavy atom. The van der Waals surface area contributed by atoms with Gasteiger partial charge in [0.25, 0.3) is 11.5 Å². The van der Waals surface area contributed by atoms with Crippen molar-refractivity contribution in [2.24, 2.45) is 5.92 Å². The lowest BCUT2D eigenvalue weighted by Gasteiger charge is -2.31. The van der Waals surface area contributed by atoms with Crippen LogP contribution in [0.5, 0.6) is 5.75 Å². The van der Waals surface area contributed by atoms with Crippen molar-refractivity contribution in [2.45, 2.75) is 40.3 Å². The molecule has 1 amide bonds. The average Bonchev–Trinajstić information content (AvgIpc) is 2.76. The molecular formula is C24H29N3O3. The highest BCUT2D eigenvalue weighted by molar-refractivity contribution is 5.79. The number of para-hydroxylation sites is 2. The van der Waals surface area contributed by atoms with E-state index in [2.05, 4.69) is 13.8 Å². The average molecular weight is 408 g/mol. The van der Waals surface area contributed by atoms with Crippen LogP contribution < -0.4 is 10.3 Å². The molecule has 1 heterocycles. The molecule has 0 radical (unpaired) electrons. The number of aromatic nitrogens is 2. The molecule has 2 aromatic carbocycles. The summed E-state index contributed by atoms with van der Waals surface area (Å²) < 4.78 is 7.35. The summed E-state index contributed by atoms with van der Waals surface area (Å²) in [7, 11) is 0. The van der Waals surface area contributed by atoms with Gasteiger partial charge in [-0.3, -0.25) is 14.2 Å². The maximum Gasteiger partial charge on any atom is 0.261 e. The van der Waals surface area contributed by atoms with Gasteiger partial charge in [-0.2, -0.15) is 0 Å². The van der Waals surface area contributed by atoms with Crippen molar-refractivity contribution in [3.8, 4) is 5.75 Å². The van der Waals surface area contributed by atoms with Crippen molar-refractivity contribution < 1.29 is 9.53 Å². The van der Waals surface area contributed by atoms with E-state index >= 15 is 0 Å². The molecule has 0 aliphatic carbocycles. The third kappa shape index (κ3) is 4.70. The molecule has 0 spiro atoms. The highest BCUT2D eigenvalue weighted by Gasteiger charge is 2.26. The van der Waals surface area contributed by atoms with Crippen molar-refractivity contribution in [1.29, 1.82) is 0 Å². The van der Waals surface area contributed by atoms with Gasteiger partial charge in [0.15, 0.2) is 6.61 Å². The standard InChI is InChI=1S/C24H29N3O3/c1-5-26-23(25-21-14-10-9-13-20(21)24(26)29)18(4)27(15-17(2)3)22(28)16-30-19-11-7-6-8-12-19/h6-14,17-18H,5,15-16H2,1-4H3. The lowest BCUT2D eigenvalue weighted by atomic mass is 10.1. The summed E-state index contributed by atoms with van der Waals surface area (Å²) in [5.41, 5.74) is 0.564. The number of ether oxygens (including phenoxy) is 1. The van der Waals surface area contributed by atoms with Gasteiger partial charge in [-0.1, -0.05) is 44.2 Å². The molecule has 1 atom stereocenters. The van der Waals surface area contributed by atoms with Gasteiger partial charge in [-0.05, 0) is 44.0 Å². The minimum atomic E-state index is -0.364. The van der Waals surface area contributed by atoms with Crippen molar-refractivity contribution in [2.75, 3.05) is 13.2 Å². The van der Waals surface area contributed by atoms with Crippen LogP contribution in [0, 0.1) is 5.92 Å². The molecule has 0 aliphatic rings. The lowest BCUT2D eigenvalue weighted by molar-refractivity contribution is -0.136. The van der Waals surface area contributed by atoms with E-state index in [9.17, 15) is 9.59 Å². The summed E-state index contributed by atoms with van der Waals surface area (Å²) >= 11 is 0. The number of amides is 1. The molecule has 0 fully saturated rings. The fraction of sp³-hybridized carbons (Fsp3) is 0.375. The largest absolute Gasteiger partial charge is 0.484 e. The third-order valence-electron chi connectivity index (χ3n) is 5.04. The van der Waals surface area contributed by atoms with Crippen molar-refractivity contribution in [3.63, 3.8) is 0 Å². The molecule has 0 saturated carbocycles. The van der Waals surface area contributed by atoms with E-state index in [1.165, 1.54) is 0 Å². The molecule has 6 nitrogen and oxygen atoms in total. The molecule has 30 heavy (non-hydrogen) atoms. The first-order valence-electron chi connectivity index (χ1n) is 10.4. The predicted octanol–water partition coefficient (Wildman–Crippen LogP) is 4.04. The van der Waals surface area contributed by atoms with Gasteiger partial charge in [-0.15, -0.1) is 0 Å². The molecule has 0 N–H and O–H groups in total. The minimum absolute atomic E-state index is 0.0645. The summed E-state index contributed by atoms with van der Waals surface area (Å²) in [6.45, 7) is 8.93. The van der Waals surface area contributed by atoms with Crippen LogP contribution in [0.1, 0.15) is 39.6 Å². The number of benzene rings is 2. The summed E-state index contributed by atoms with van der Waals surface area (Å²) in [5, 5.41) is 0.587. The van der Waals surface area contributed by atoms with Gasteiger partial charge in [-0.25, -0.2) is 4.98 Å². The van der Waals surface area contributed by atoms with Crippen LogP contribution in [0.3, 0.4) is 0 Å². The smallest absolute Gasteiger partial charge is 0.261 e. The highest BCUT2D eigenvalue weighted by Crippen LogP contribution is 2.22. The van der Waals surface area contributed by atoms with Gasteiger partial charge in [0.1, 0.15) is 11.6 Å². The molecule has 1 unspecified atom stereocenters. The topological polar surface area (TPSA) is 64.4 Å². The number of fused-ring (bicyclic) bond motifs is 1. The normalized spacial score (nSPS) is 12.2. The summed E-state index contributed by atoms with van der Waals surface area (Å²) in [4.78, 5) is 32.6. The Hall–Kier alpha value is -3.15. The van der Waals surface area contributed by atoms with E-state index in [4.69, 9.17) is 9.72 Å². The molecule has 1 aromatic heterocycles. The molecule has 0 aliphatic heterocycles. The lowest BCUT2D eigenvalue weighted by Crippen LogP contribution is -2.41. The van der Waals surface area contributed by atoms with E-state index < -0.39 is 0 Å². The van der Waals surface area contributed by atoms with Crippen molar-refractivity contribution in [1.82, 2.24) is 14.5 Å². The van der Waals surface area contributed by atoms with Gasteiger partial charge in [0, 0.05) is 13.1 Å². The van der Waals surface area contributed by atoms with Gasteiger partial charge >= 0.3 is 0 Å². The van der Waals surface area contributed by atoms with Crippen LogP contribution in [-0.4, -0.2) is 33.5 Å². The zero-order valence-electron chi connectivity index (χ0n) is 18.0. The Labute approximate surface area is 177 Å². The van der Waals surface area contributed by atoms with Crippen LogP contribution in [0.25, 0.3) is 10.9 Å². The predicted molar refractivity (Wildman–Crippen MR) is 119 cm³/mol. The second kappa shape index (κ2) is 9.57. The molecular weight excluding hydrogens is 378 g/mol. The minimum Gasteiger partial charge on any atom is -0.484 e. The summed E-state index contributed by atoms with van der Waals surface area (Å²) in [6.07, 6.45) is 0. The molecule has 6 heteroatoms. The Balaban J connectivity index is 1.94. The van der Waals surface area contributed by atoms with Gasteiger partial charge < -0.3 is 9.64 Å². The number of carbonyl (C=O) groups excluding carboxylic acids is 1. The van der Waals surface area contributed by atoms with E-state index in [0.29, 0.717) is 35.6 Å². The van der Waals surface area contributed by atoms with Crippen LogP contribution in [0.2, 0.25) is 0 Å². The van der Waals surface area contributed by atoms with Crippen LogP contribution in [-0.2, 0) is 11.3 Å². The van der Waals surface area contributed by atoms with Crippen LogP contribution in [0.15, 0.2) is 59.4 Å². The monoisotopic (exact) mass is 407 g/mol. The first-order valence-corrected chi connectivity index (χ1v) is 10.4. The second-order valence-electron chi connectivity index (χ2n) is 7.75. The third-order valence-corrected chi connectivity index (χ3v) is 5.04. The fourth-order valence-electron chi connectivity index (χ4n) is 3.56. The highest BCUT2D eigenvalue weighted by atomic mass is 16.5. The number of rotatable bonds is 8. The number of hydrogen-bond acceptors (Lipinski definition) is 4. The van der Waals surface area contributed by atoms with E-state index in [0.717, 1.165) is 0 Å². The number of hydrogen-bond donors (Lipinski definition) is 0. The number of nitrogens with zero attached hydrogens (tertiary/aromatic N) is 3. The van der Waals surface area contributed by atoms with Gasteiger partial charge in [0.05, 0.1) is 16.9 Å². The van der Waals surface area contributed by atoms with Crippen LogP contribution >= 0.6 is 0 Å². The second-order valence-corrected chi connectivity index (χ2v) is 7.75. The fourth-order valence-corrected chi connectivity index (χ4v) is 3.56. The Kier molecular flexibility index (Phi) is 6.87. The van der Waals surface area contributed by atoms with Crippen molar-refractivity contribution in [3.05, 3.63) is 70.8 Å².